The molecular weight excluding hydrogens is 504 g/mol. The first-order valence-corrected chi connectivity index (χ1v) is 15.3. The van der Waals surface area contributed by atoms with Crippen LogP contribution in [-0.4, -0.2) is 50.2 Å². The summed E-state index contributed by atoms with van der Waals surface area (Å²) in [6, 6.07) is 10.4. The van der Waals surface area contributed by atoms with Gasteiger partial charge in [0.15, 0.2) is 0 Å². The standard InChI is InChI=1S/C33H44N2O5/c1-24(19-25-11-5-2-6-12-25)30(37)34-18-17-33(40,32(22-34)15-9-4-10-16-32)23-35-21-28(31(38)39)27(20-29(35)36)26-13-7-3-8-14-26/h3,7-8,13-14,20-21,24-25,40H,2,4-6,9-12,15-19,22-23H2,1H3,(H,38,39). The van der Waals surface area contributed by atoms with Gasteiger partial charge in [0.05, 0.1) is 17.7 Å². The zero-order chi connectivity index (χ0) is 28.3. The monoisotopic (exact) mass is 548 g/mol. The summed E-state index contributed by atoms with van der Waals surface area (Å²) in [5, 5.41) is 22.3. The molecule has 1 spiro atoms. The Labute approximate surface area is 237 Å². The molecule has 7 nitrogen and oxygen atoms in total. The SMILES string of the molecule is CC(CC1CCCCC1)C(=O)N1CCC(O)(Cn2cc(C(=O)O)c(-c3ccccc3)cc2=O)C2(CCCCC2)C1. The molecule has 2 atom stereocenters. The Balaban J connectivity index is 1.40. The van der Waals surface area contributed by atoms with Crippen molar-refractivity contribution in [3.8, 4) is 11.1 Å². The highest BCUT2D eigenvalue weighted by Crippen LogP contribution is 2.50. The Morgan fingerprint density at radius 2 is 1.68 bits per heavy atom. The molecule has 1 saturated heterocycles. The van der Waals surface area contributed by atoms with Crippen LogP contribution in [0.1, 0.15) is 94.3 Å². The van der Waals surface area contributed by atoms with Crippen LogP contribution in [0.5, 0.6) is 0 Å². The molecule has 2 aromatic rings. The van der Waals surface area contributed by atoms with Gasteiger partial charge in [0.2, 0.25) is 5.91 Å². The second kappa shape index (κ2) is 11.9. The van der Waals surface area contributed by atoms with Crippen LogP contribution in [0, 0.1) is 17.3 Å². The van der Waals surface area contributed by atoms with E-state index in [1.54, 1.807) is 12.1 Å². The molecule has 2 unspecified atom stereocenters. The highest BCUT2D eigenvalue weighted by Gasteiger charge is 2.55. The van der Waals surface area contributed by atoms with E-state index in [-0.39, 0.29) is 29.5 Å². The number of aliphatic hydroxyl groups is 1. The highest BCUT2D eigenvalue weighted by molar-refractivity contribution is 5.95. The third-order valence-corrected chi connectivity index (χ3v) is 10.1. The zero-order valence-electron chi connectivity index (χ0n) is 23.8. The lowest BCUT2D eigenvalue weighted by molar-refractivity contribution is -0.173. The van der Waals surface area contributed by atoms with Gasteiger partial charge in [0.1, 0.15) is 0 Å². The maximum Gasteiger partial charge on any atom is 0.337 e. The predicted molar refractivity (Wildman–Crippen MR) is 155 cm³/mol. The average molecular weight is 549 g/mol. The third-order valence-electron chi connectivity index (χ3n) is 10.1. The summed E-state index contributed by atoms with van der Waals surface area (Å²) >= 11 is 0. The largest absolute Gasteiger partial charge is 0.478 e. The van der Waals surface area contributed by atoms with Crippen LogP contribution in [-0.2, 0) is 11.3 Å². The molecule has 7 heteroatoms. The fourth-order valence-corrected chi connectivity index (χ4v) is 7.80. The van der Waals surface area contributed by atoms with Gasteiger partial charge in [-0.25, -0.2) is 4.79 Å². The number of benzene rings is 1. The summed E-state index contributed by atoms with van der Waals surface area (Å²) in [5.74, 6) is -0.317. The lowest BCUT2D eigenvalue weighted by atomic mass is 9.59. The number of hydrogen-bond donors (Lipinski definition) is 2. The number of nitrogens with zero attached hydrogens (tertiary/aromatic N) is 2. The van der Waals surface area contributed by atoms with Gasteiger partial charge >= 0.3 is 5.97 Å². The third kappa shape index (κ3) is 5.76. The Morgan fingerprint density at radius 3 is 2.35 bits per heavy atom. The molecule has 1 aromatic heterocycles. The molecule has 1 amide bonds. The summed E-state index contributed by atoms with van der Waals surface area (Å²) in [6.07, 6.45) is 13.6. The van der Waals surface area contributed by atoms with Crippen LogP contribution in [0.15, 0.2) is 47.4 Å². The number of rotatable bonds is 7. The quantitative estimate of drug-likeness (QED) is 0.460. The van der Waals surface area contributed by atoms with E-state index in [1.165, 1.54) is 48.9 Å². The molecule has 2 heterocycles. The van der Waals surface area contributed by atoms with Crippen LogP contribution >= 0.6 is 0 Å². The van der Waals surface area contributed by atoms with Crippen molar-refractivity contribution < 1.29 is 19.8 Å². The summed E-state index contributed by atoms with van der Waals surface area (Å²) in [6.45, 7) is 3.04. The number of aromatic nitrogens is 1. The van der Waals surface area contributed by atoms with Crippen molar-refractivity contribution in [3.63, 3.8) is 0 Å². The van der Waals surface area contributed by atoms with E-state index in [2.05, 4.69) is 6.92 Å². The van der Waals surface area contributed by atoms with Crippen LogP contribution in [0.25, 0.3) is 11.1 Å². The van der Waals surface area contributed by atoms with E-state index in [0.29, 0.717) is 36.6 Å². The molecule has 0 bridgehead atoms. The van der Waals surface area contributed by atoms with Gasteiger partial charge < -0.3 is 19.7 Å². The minimum absolute atomic E-state index is 0.0267. The number of aromatic carboxylic acids is 1. The summed E-state index contributed by atoms with van der Waals surface area (Å²) in [7, 11) is 0. The average Bonchev–Trinajstić information content (AvgIpc) is 2.96. The lowest BCUT2D eigenvalue weighted by Gasteiger charge is -2.56. The van der Waals surface area contributed by atoms with E-state index >= 15 is 0 Å². The first kappa shape index (κ1) is 28.6. The number of amides is 1. The molecule has 3 aliphatic rings. The minimum Gasteiger partial charge on any atom is -0.478 e. The molecule has 2 N–H and O–H groups in total. The molecule has 0 radical (unpaired) electrons. The number of carbonyl (C=O) groups excluding carboxylic acids is 1. The van der Waals surface area contributed by atoms with Crippen LogP contribution in [0.2, 0.25) is 0 Å². The Morgan fingerprint density at radius 1 is 1.00 bits per heavy atom. The molecule has 40 heavy (non-hydrogen) atoms. The molecular formula is C33H44N2O5. The van der Waals surface area contributed by atoms with Crippen molar-refractivity contribution in [3.05, 3.63) is 58.5 Å². The Bertz CT molecular complexity index is 1260. The van der Waals surface area contributed by atoms with Gasteiger partial charge in [0, 0.05) is 42.2 Å². The number of carbonyl (C=O) groups is 2. The second-order valence-electron chi connectivity index (χ2n) is 12.8. The van der Waals surface area contributed by atoms with Crippen LogP contribution in [0.4, 0.5) is 0 Å². The topological polar surface area (TPSA) is 99.8 Å². The molecule has 5 rings (SSSR count). The first-order valence-electron chi connectivity index (χ1n) is 15.3. The normalized spacial score (nSPS) is 24.1. The number of carboxylic acids is 1. The number of likely N-dealkylation sites (tertiary alicyclic amines) is 1. The van der Waals surface area contributed by atoms with Gasteiger partial charge in [0.25, 0.3) is 5.56 Å². The Kier molecular flexibility index (Phi) is 8.50. The fraction of sp³-hybridized carbons (Fsp3) is 0.606. The van der Waals surface area contributed by atoms with E-state index in [1.807, 2.05) is 23.1 Å². The number of hydrogen-bond acceptors (Lipinski definition) is 4. The van der Waals surface area contributed by atoms with Crippen LogP contribution in [0.3, 0.4) is 0 Å². The maximum atomic E-state index is 13.6. The molecule has 1 aliphatic heterocycles. The lowest BCUT2D eigenvalue weighted by Crippen LogP contribution is -2.64. The predicted octanol–water partition coefficient (Wildman–Crippen LogP) is 5.73. The van der Waals surface area contributed by atoms with Crippen molar-refractivity contribution in [1.82, 2.24) is 9.47 Å². The van der Waals surface area contributed by atoms with Crippen molar-refractivity contribution in [2.24, 2.45) is 17.3 Å². The number of piperidine rings is 1. The first-order chi connectivity index (χ1) is 19.2. The van der Waals surface area contributed by atoms with Gasteiger partial charge in [-0.15, -0.1) is 0 Å². The summed E-state index contributed by atoms with van der Waals surface area (Å²) in [4.78, 5) is 41.2. The highest BCUT2D eigenvalue weighted by atomic mass is 16.4. The fourth-order valence-electron chi connectivity index (χ4n) is 7.80. The van der Waals surface area contributed by atoms with Gasteiger partial charge in [-0.05, 0) is 37.2 Å². The minimum atomic E-state index is -1.20. The van der Waals surface area contributed by atoms with E-state index in [9.17, 15) is 24.6 Å². The van der Waals surface area contributed by atoms with Crippen molar-refractivity contribution in [2.45, 2.75) is 96.1 Å². The number of carboxylic acid groups (broad SMARTS) is 1. The second-order valence-corrected chi connectivity index (χ2v) is 12.8. The summed E-state index contributed by atoms with van der Waals surface area (Å²) < 4.78 is 1.38. The molecule has 3 fully saturated rings. The number of pyridine rings is 1. The molecule has 2 aliphatic carbocycles. The van der Waals surface area contributed by atoms with E-state index < -0.39 is 17.0 Å². The van der Waals surface area contributed by atoms with E-state index in [0.717, 1.165) is 38.5 Å². The Hall–Kier alpha value is -2.93. The van der Waals surface area contributed by atoms with Gasteiger partial charge in [-0.1, -0.05) is 88.6 Å². The summed E-state index contributed by atoms with van der Waals surface area (Å²) in [5.41, 5.74) is -0.962. The molecule has 216 valence electrons. The maximum absolute atomic E-state index is 13.6. The molecule has 2 saturated carbocycles. The van der Waals surface area contributed by atoms with Gasteiger partial charge in [-0.3, -0.25) is 9.59 Å². The van der Waals surface area contributed by atoms with Crippen molar-refractivity contribution in [2.75, 3.05) is 13.1 Å². The van der Waals surface area contributed by atoms with Gasteiger partial charge in [-0.2, -0.15) is 0 Å². The van der Waals surface area contributed by atoms with Crippen molar-refractivity contribution >= 4 is 11.9 Å². The van der Waals surface area contributed by atoms with E-state index in [4.69, 9.17) is 0 Å². The zero-order valence-corrected chi connectivity index (χ0v) is 23.8. The van der Waals surface area contributed by atoms with Crippen LogP contribution < -0.4 is 5.56 Å². The van der Waals surface area contributed by atoms with Crippen molar-refractivity contribution in [1.29, 1.82) is 0 Å². The molecule has 1 aromatic carbocycles. The smallest absolute Gasteiger partial charge is 0.337 e.